The van der Waals surface area contributed by atoms with E-state index < -0.39 is 5.97 Å². The highest BCUT2D eigenvalue weighted by molar-refractivity contribution is 5.75. The summed E-state index contributed by atoms with van der Waals surface area (Å²) < 4.78 is 0. The summed E-state index contributed by atoms with van der Waals surface area (Å²) in [6, 6.07) is 8.42. The van der Waals surface area contributed by atoms with E-state index in [2.05, 4.69) is 34.6 Å². The highest BCUT2D eigenvalue weighted by Gasteiger charge is 2.24. The first kappa shape index (κ1) is 15.2. The summed E-state index contributed by atoms with van der Waals surface area (Å²) in [6.07, 6.45) is 0.963. The number of hydrogen-bond donors (Lipinski definition) is 3. The molecule has 1 heterocycles. The van der Waals surface area contributed by atoms with Crippen LogP contribution >= 0.6 is 0 Å². The molecule has 0 aromatic heterocycles. The molecule has 0 saturated carbocycles. The number of carbonyl (C=O) groups is 2. The third-order valence-electron chi connectivity index (χ3n) is 3.61. The van der Waals surface area contributed by atoms with Crippen molar-refractivity contribution in [2.24, 2.45) is 0 Å². The number of rotatable bonds is 6. The van der Waals surface area contributed by atoms with Crippen LogP contribution in [0.15, 0.2) is 24.3 Å². The highest BCUT2D eigenvalue weighted by atomic mass is 16.4. The van der Waals surface area contributed by atoms with Crippen LogP contribution in [-0.2, 0) is 11.2 Å². The van der Waals surface area contributed by atoms with Gasteiger partial charge in [-0.1, -0.05) is 18.2 Å². The number of anilines is 1. The van der Waals surface area contributed by atoms with Crippen molar-refractivity contribution in [1.82, 2.24) is 10.6 Å². The number of benzene rings is 1. The molecular formula is C15H21N3O3. The molecule has 2 amide bonds. The number of hydrogen-bond acceptors (Lipinski definition) is 3. The second kappa shape index (κ2) is 6.97. The fourth-order valence-corrected chi connectivity index (χ4v) is 2.61. The van der Waals surface area contributed by atoms with Gasteiger partial charge >= 0.3 is 12.0 Å². The van der Waals surface area contributed by atoms with Crippen molar-refractivity contribution in [3.63, 3.8) is 0 Å². The Morgan fingerprint density at radius 1 is 1.29 bits per heavy atom. The van der Waals surface area contributed by atoms with Crippen LogP contribution < -0.4 is 15.5 Å². The summed E-state index contributed by atoms with van der Waals surface area (Å²) in [5.74, 6) is -0.919. The molecule has 6 heteroatoms. The van der Waals surface area contributed by atoms with Crippen LogP contribution in [0.4, 0.5) is 10.5 Å². The number of carboxylic acids is 1. The predicted octanol–water partition coefficient (Wildman–Crippen LogP) is 1.21. The van der Waals surface area contributed by atoms with Gasteiger partial charge in [0.05, 0.1) is 6.42 Å². The standard InChI is InChI=1S/C15H21N3O3/c1-11-10-12-4-2-3-5-13(12)18(11)9-8-17-15(21)16-7-6-14(19)20/h2-5,11H,6-10H2,1H3,(H,19,20)(H2,16,17,21). The topological polar surface area (TPSA) is 81.7 Å². The summed E-state index contributed by atoms with van der Waals surface area (Å²) in [5, 5.41) is 13.8. The fourth-order valence-electron chi connectivity index (χ4n) is 2.61. The van der Waals surface area contributed by atoms with Crippen LogP contribution in [0.2, 0.25) is 0 Å². The van der Waals surface area contributed by atoms with Gasteiger partial charge < -0.3 is 20.6 Å². The number of nitrogens with zero attached hydrogens (tertiary/aromatic N) is 1. The van der Waals surface area contributed by atoms with Gasteiger partial charge in [-0.05, 0) is 25.0 Å². The van der Waals surface area contributed by atoms with Gasteiger partial charge in [-0.25, -0.2) is 4.79 Å². The lowest BCUT2D eigenvalue weighted by molar-refractivity contribution is -0.136. The Morgan fingerprint density at radius 2 is 2.00 bits per heavy atom. The molecule has 3 N–H and O–H groups in total. The lowest BCUT2D eigenvalue weighted by atomic mass is 10.1. The lowest BCUT2D eigenvalue weighted by Crippen LogP contribution is -2.42. The van der Waals surface area contributed by atoms with Crippen molar-refractivity contribution in [3.8, 4) is 0 Å². The Balaban J connectivity index is 1.74. The molecule has 0 aliphatic carbocycles. The molecule has 0 fully saturated rings. The molecule has 2 rings (SSSR count). The summed E-state index contributed by atoms with van der Waals surface area (Å²) >= 11 is 0. The zero-order valence-electron chi connectivity index (χ0n) is 12.1. The lowest BCUT2D eigenvalue weighted by Gasteiger charge is -2.25. The van der Waals surface area contributed by atoms with E-state index in [1.165, 1.54) is 11.3 Å². The third kappa shape index (κ3) is 4.11. The molecule has 21 heavy (non-hydrogen) atoms. The zero-order valence-corrected chi connectivity index (χ0v) is 12.1. The molecule has 1 aliphatic heterocycles. The third-order valence-corrected chi connectivity index (χ3v) is 3.61. The van der Waals surface area contributed by atoms with Gasteiger partial charge in [0.25, 0.3) is 0 Å². The van der Waals surface area contributed by atoms with E-state index in [9.17, 15) is 9.59 Å². The van der Waals surface area contributed by atoms with Gasteiger partial charge in [-0.2, -0.15) is 0 Å². The number of carboxylic acid groups (broad SMARTS) is 1. The number of nitrogens with one attached hydrogen (secondary N) is 2. The van der Waals surface area contributed by atoms with Crippen molar-refractivity contribution >= 4 is 17.7 Å². The number of amides is 2. The van der Waals surface area contributed by atoms with Gasteiger partial charge in [0.2, 0.25) is 0 Å². The zero-order chi connectivity index (χ0) is 15.2. The Hall–Kier alpha value is -2.24. The largest absolute Gasteiger partial charge is 0.481 e. The second-order valence-electron chi connectivity index (χ2n) is 5.20. The number of fused-ring (bicyclic) bond motifs is 1. The number of para-hydroxylation sites is 1. The van der Waals surface area contributed by atoms with E-state index in [-0.39, 0.29) is 19.0 Å². The van der Waals surface area contributed by atoms with Gasteiger partial charge in [0, 0.05) is 31.4 Å². The minimum absolute atomic E-state index is 0.0655. The molecule has 1 unspecified atom stereocenters. The maximum atomic E-state index is 11.5. The van der Waals surface area contributed by atoms with E-state index in [0.717, 1.165) is 13.0 Å². The molecule has 1 atom stereocenters. The monoisotopic (exact) mass is 291 g/mol. The summed E-state index contributed by atoms with van der Waals surface area (Å²) in [7, 11) is 0. The second-order valence-corrected chi connectivity index (χ2v) is 5.20. The maximum absolute atomic E-state index is 11.5. The van der Waals surface area contributed by atoms with Crippen LogP contribution in [0.1, 0.15) is 18.9 Å². The van der Waals surface area contributed by atoms with Gasteiger partial charge in [-0.3, -0.25) is 4.79 Å². The summed E-state index contributed by atoms with van der Waals surface area (Å²) in [5.41, 5.74) is 2.58. The average Bonchev–Trinajstić information content (AvgIpc) is 2.75. The van der Waals surface area contributed by atoms with Crippen molar-refractivity contribution in [2.75, 3.05) is 24.5 Å². The van der Waals surface area contributed by atoms with Gasteiger partial charge in [0.1, 0.15) is 0 Å². The Labute approximate surface area is 124 Å². The summed E-state index contributed by atoms with van der Waals surface area (Å²) in [4.78, 5) is 24.1. The molecule has 1 aliphatic rings. The molecule has 6 nitrogen and oxygen atoms in total. The Bertz CT molecular complexity index is 519. The van der Waals surface area contributed by atoms with Gasteiger partial charge in [-0.15, -0.1) is 0 Å². The number of aliphatic carboxylic acids is 1. The first-order valence-electron chi connectivity index (χ1n) is 7.16. The first-order chi connectivity index (χ1) is 10.1. The Morgan fingerprint density at radius 3 is 2.76 bits per heavy atom. The van der Waals surface area contributed by atoms with E-state index in [1.54, 1.807) is 0 Å². The van der Waals surface area contributed by atoms with E-state index >= 15 is 0 Å². The number of carbonyl (C=O) groups excluding carboxylic acids is 1. The normalized spacial score (nSPS) is 16.4. The van der Waals surface area contributed by atoms with E-state index in [1.807, 2.05) is 12.1 Å². The molecule has 1 aromatic carbocycles. The smallest absolute Gasteiger partial charge is 0.314 e. The van der Waals surface area contributed by atoms with Crippen molar-refractivity contribution in [3.05, 3.63) is 29.8 Å². The molecule has 0 radical (unpaired) electrons. The average molecular weight is 291 g/mol. The first-order valence-corrected chi connectivity index (χ1v) is 7.16. The SMILES string of the molecule is CC1Cc2ccccc2N1CCNC(=O)NCCC(=O)O. The summed E-state index contributed by atoms with van der Waals surface area (Å²) in [6.45, 7) is 3.58. The van der Waals surface area contributed by atoms with Crippen molar-refractivity contribution < 1.29 is 14.7 Å². The van der Waals surface area contributed by atoms with E-state index in [4.69, 9.17) is 5.11 Å². The quantitative estimate of drug-likeness (QED) is 0.736. The van der Waals surface area contributed by atoms with Crippen molar-refractivity contribution in [2.45, 2.75) is 25.8 Å². The minimum Gasteiger partial charge on any atom is -0.481 e. The molecule has 1 aromatic rings. The van der Waals surface area contributed by atoms with E-state index in [0.29, 0.717) is 12.6 Å². The maximum Gasteiger partial charge on any atom is 0.314 e. The minimum atomic E-state index is -0.919. The van der Waals surface area contributed by atoms with Crippen LogP contribution in [0.5, 0.6) is 0 Å². The predicted molar refractivity (Wildman–Crippen MR) is 80.6 cm³/mol. The molecule has 0 bridgehead atoms. The van der Waals surface area contributed by atoms with Crippen LogP contribution in [0.25, 0.3) is 0 Å². The Kier molecular flexibility index (Phi) is 5.03. The molecule has 0 spiro atoms. The van der Waals surface area contributed by atoms with Gasteiger partial charge in [0.15, 0.2) is 0 Å². The van der Waals surface area contributed by atoms with Crippen LogP contribution in [-0.4, -0.2) is 42.8 Å². The highest BCUT2D eigenvalue weighted by Crippen LogP contribution is 2.30. The number of urea groups is 1. The van der Waals surface area contributed by atoms with Crippen LogP contribution in [0.3, 0.4) is 0 Å². The molecule has 114 valence electrons. The molecule has 0 saturated heterocycles. The van der Waals surface area contributed by atoms with Crippen LogP contribution in [0, 0.1) is 0 Å². The van der Waals surface area contributed by atoms with Crippen molar-refractivity contribution in [1.29, 1.82) is 0 Å². The molecular weight excluding hydrogens is 270 g/mol. The fraction of sp³-hybridized carbons (Fsp3) is 0.467.